The van der Waals surface area contributed by atoms with Gasteiger partial charge in [-0.1, -0.05) is 12.1 Å². The molecule has 2 rings (SSSR count). The van der Waals surface area contributed by atoms with Crippen LogP contribution in [0.4, 0.5) is 0 Å². The molecule has 1 heterocycles. The van der Waals surface area contributed by atoms with Gasteiger partial charge in [-0.15, -0.1) is 0 Å². The van der Waals surface area contributed by atoms with Crippen molar-refractivity contribution < 1.29 is 4.79 Å². The highest BCUT2D eigenvalue weighted by atomic mass is 35.5. The summed E-state index contributed by atoms with van der Waals surface area (Å²) in [7, 11) is 0. The first-order chi connectivity index (χ1) is 6.29. The molecule has 3 heteroatoms. The number of carbonyl (C=O) groups is 1. The smallest absolute Gasteiger partial charge is 0.253 e. The maximum atomic E-state index is 11.0. The Morgan fingerprint density at radius 1 is 1.31 bits per heavy atom. The van der Waals surface area contributed by atoms with Crippen LogP contribution in [0.1, 0.15) is 10.4 Å². The Morgan fingerprint density at radius 3 is 2.92 bits per heavy atom. The van der Waals surface area contributed by atoms with Crippen LogP contribution >= 0.6 is 11.6 Å². The minimum absolute atomic E-state index is 0.446. The third kappa shape index (κ3) is 1.40. The van der Waals surface area contributed by atoms with Gasteiger partial charge in [0.25, 0.3) is 5.24 Å². The van der Waals surface area contributed by atoms with Gasteiger partial charge in [0.05, 0.1) is 0 Å². The van der Waals surface area contributed by atoms with Crippen LogP contribution in [0.2, 0.25) is 0 Å². The monoisotopic (exact) mass is 191 g/mol. The van der Waals surface area contributed by atoms with Crippen molar-refractivity contribution in [2.45, 2.75) is 0 Å². The summed E-state index contributed by atoms with van der Waals surface area (Å²) < 4.78 is 0. The third-order valence-corrected chi connectivity index (χ3v) is 2.10. The molecular formula is C10H6ClNO. The van der Waals surface area contributed by atoms with E-state index in [1.54, 1.807) is 24.5 Å². The summed E-state index contributed by atoms with van der Waals surface area (Å²) in [5, 5.41) is 1.32. The summed E-state index contributed by atoms with van der Waals surface area (Å²) in [5.74, 6) is 0. The molecule has 0 saturated heterocycles. The first-order valence-electron chi connectivity index (χ1n) is 3.81. The maximum Gasteiger partial charge on any atom is 0.253 e. The van der Waals surface area contributed by atoms with E-state index in [-0.39, 0.29) is 0 Å². The van der Waals surface area contributed by atoms with Gasteiger partial charge in [0, 0.05) is 23.3 Å². The van der Waals surface area contributed by atoms with Gasteiger partial charge in [-0.25, -0.2) is 0 Å². The quantitative estimate of drug-likeness (QED) is 0.649. The average Bonchev–Trinajstić information content (AvgIpc) is 2.17. The largest absolute Gasteiger partial charge is 0.276 e. The molecule has 0 saturated carbocycles. The van der Waals surface area contributed by atoms with Crippen LogP contribution in [-0.2, 0) is 0 Å². The highest BCUT2D eigenvalue weighted by Crippen LogP contribution is 2.18. The van der Waals surface area contributed by atoms with Crippen molar-refractivity contribution >= 4 is 27.6 Å². The van der Waals surface area contributed by atoms with Crippen LogP contribution in [0.5, 0.6) is 0 Å². The van der Waals surface area contributed by atoms with Gasteiger partial charge in [0.2, 0.25) is 0 Å². The maximum absolute atomic E-state index is 11.0. The van der Waals surface area contributed by atoms with E-state index >= 15 is 0 Å². The number of fused-ring (bicyclic) bond motifs is 1. The Kier molecular flexibility index (Phi) is 1.99. The zero-order chi connectivity index (χ0) is 9.26. The second-order valence-corrected chi connectivity index (χ2v) is 3.02. The van der Waals surface area contributed by atoms with E-state index in [1.165, 1.54) is 0 Å². The summed E-state index contributed by atoms with van der Waals surface area (Å²) >= 11 is 5.42. The van der Waals surface area contributed by atoms with Crippen LogP contribution in [-0.4, -0.2) is 10.2 Å². The van der Waals surface area contributed by atoms with Crippen molar-refractivity contribution in [3.8, 4) is 0 Å². The molecule has 0 aliphatic rings. The van der Waals surface area contributed by atoms with Gasteiger partial charge < -0.3 is 0 Å². The Labute approximate surface area is 80.2 Å². The molecule has 1 aromatic heterocycles. The molecule has 0 amide bonds. The minimum atomic E-state index is -0.446. The van der Waals surface area contributed by atoms with Gasteiger partial charge in [0.1, 0.15) is 0 Å². The number of rotatable bonds is 1. The molecule has 64 valence electrons. The Hall–Kier alpha value is -1.41. The average molecular weight is 192 g/mol. The molecule has 0 fully saturated rings. The highest BCUT2D eigenvalue weighted by molar-refractivity contribution is 6.68. The molecule has 2 nitrogen and oxygen atoms in total. The molecule has 0 aliphatic carbocycles. The second kappa shape index (κ2) is 3.15. The lowest BCUT2D eigenvalue weighted by Gasteiger charge is -1.99. The lowest BCUT2D eigenvalue weighted by atomic mass is 10.1. The lowest BCUT2D eigenvalue weighted by molar-refractivity contribution is 0.108. The van der Waals surface area contributed by atoms with Gasteiger partial charge >= 0.3 is 0 Å². The summed E-state index contributed by atoms with van der Waals surface area (Å²) in [5.41, 5.74) is 0.507. The number of pyridine rings is 1. The van der Waals surface area contributed by atoms with E-state index in [0.29, 0.717) is 5.56 Å². The SMILES string of the molecule is O=C(Cl)c1cccc2ccncc12. The number of nitrogens with zero attached hydrogens (tertiary/aromatic N) is 1. The fraction of sp³-hybridized carbons (Fsp3) is 0. The number of hydrogen-bond donors (Lipinski definition) is 0. The number of hydrogen-bond acceptors (Lipinski definition) is 2. The summed E-state index contributed by atoms with van der Waals surface area (Å²) in [4.78, 5) is 14.9. The van der Waals surface area contributed by atoms with E-state index in [2.05, 4.69) is 4.98 Å². The predicted molar refractivity (Wildman–Crippen MR) is 51.9 cm³/mol. The second-order valence-electron chi connectivity index (χ2n) is 2.68. The van der Waals surface area contributed by atoms with E-state index < -0.39 is 5.24 Å². The zero-order valence-corrected chi connectivity index (χ0v) is 7.45. The summed E-state index contributed by atoms with van der Waals surface area (Å²) in [6.07, 6.45) is 3.33. The van der Waals surface area contributed by atoms with E-state index in [9.17, 15) is 4.79 Å². The molecule has 13 heavy (non-hydrogen) atoms. The summed E-state index contributed by atoms with van der Waals surface area (Å²) in [6, 6.07) is 7.26. The third-order valence-electron chi connectivity index (χ3n) is 1.90. The van der Waals surface area contributed by atoms with Crippen LogP contribution in [0.25, 0.3) is 10.8 Å². The molecule has 1 aromatic carbocycles. The Morgan fingerprint density at radius 2 is 2.15 bits per heavy atom. The van der Waals surface area contributed by atoms with Gasteiger partial charge in [-0.3, -0.25) is 9.78 Å². The topological polar surface area (TPSA) is 30.0 Å². The molecule has 0 unspecified atom stereocenters. The van der Waals surface area contributed by atoms with Gasteiger partial charge in [0.15, 0.2) is 0 Å². The Bertz CT molecular complexity index is 462. The first kappa shape index (κ1) is 8.20. The predicted octanol–water partition coefficient (Wildman–Crippen LogP) is 2.61. The molecule has 2 aromatic rings. The lowest BCUT2D eigenvalue weighted by Crippen LogP contribution is -1.90. The Balaban J connectivity index is 2.83. The molecule has 0 aliphatic heterocycles. The number of aromatic nitrogens is 1. The van der Waals surface area contributed by atoms with Crippen molar-refractivity contribution in [2.75, 3.05) is 0 Å². The van der Waals surface area contributed by atoms with E-state index in [4.69, 9.17) is 11.6 Å². The minimum Gasteiger partial charge on any atom is -0.276 e. The van der Waals surface area contributed by atoms with Crippen molar-refractivity contribution in [2.24, 2.45) is 0 Å². The molecule has 0 atom stereocenters. The number of benzene rings is 1. The van der Waals surface area contributed by atoms with Crippen LogP contribution in [0.3, 0.4) is 0 Å². The molecule has 0 spiro atoms. The summed E-state index contributed by atoms with van der Waals surface area (Å²) in [6.45, 7) is 0. The molecule has 0 N–H and O–H groups in total. The van der Waals surface area contributed by atoms with Crippen molar-refractivity contribution in [1.29, 1.82) is 0 Å². The molecule has 0 radical (unpaired) electrons. The van der Waals surface area contributed by atoms with Crippen LogP contribution in [0, 0.1) is 0 Å². The standard InChI is InChI=1S/C10H6ClNO/c11-10(13)8-3-1-2-7-4-5-12-6-9(7)8/h1-6H. The normalized spacial score (nSPS) is 10.2. The van der Waals surface area contributed by atoms with Crippen molar-refractivity contribution in [3.63, 3.8) is 0 Å². The number of halogens is 1. The van der Waals surface area contributed by atoms with Crippen molar-refractivity contribution in [3.05, 3.63) is 42.2 Å². The van der Waals surface area contributed by atoms with Crippen LogP contribution in [0.15, 0.2) is 36.7 Å². The van der Waals surface area contributed by atoms with Crippen LogP contribution < -0.4 is 0 Å². The number of carbonyl (C=O) groups excluding carboxylic acids is 1. The first-order valence-corrected chi connectivity index (χ1v) is 4.19. The van der Waals surface area contributed by atoms with Gasteiger partial charge in [-0.05, 0) is 29.1 Å². The van der Waals surface area contributed by atoms with Crippen molar-refractivity contribution in [1.82, 2.24) is 4.98 Å². The highest BCUT2D eigenvalue weighted by Gasteiger charge is 2.05. The zero-order valence-electron chi connectivity index (χ0n) is 6.70. The van der Waals surface area contributed by atoms with E-state index in [0.717, 1.165) is 10.8 Å². The molecular weight excluding hydrogens is 186 g/mol. The fourth-order valence-corrected chi connectivity index (χ4v) is 1.45. The van der Waals surface area contributed by atoms with E-state index in [1.807, 2.05) is 12.1 Å². The molecule has 0 bridgehead atoms. The fourth-order valence-electron chi connectivity index (χ4n) is 1.28. The van der Waals surface area contributed by atoms with Gasteiger partial charge in [-0.2, -0.15) is 0 Å².